The van der Waals surface area contributed by atoms with Crippen molar-refractivity contribution in [3.05, 3.63) is 0 Å². The third-order valence-electron chi connectivity index (χ3n) is 1.36. The summed E-state index contributed by atoms with van der Waals surface area (Å²) in [7, 11) is 0. The smallest absolute Gasteiger partial charge is 0.318 e. The maximum atomic E-state index is 11.0. The molecule has 0 bridgehead atoms. The second-order valence-electron chi connectivity index (χ2n) is 2.48. The molecule has 0 radical (unpaired) electrons. The van der Waals surface area contributed by atoms with E-state index in [9.17, 15) is 9.59 Å². The van der Waals surface area contributed by atoms with Gasteiger partial charge < -0.3 is 11.1 Å². The van der Waals surface area contributed by atoms with Gasteiger partial charge in [-0.3, -0.25) is 10.1 Å². The van der Waals surface area contributed by atoms with Crippen LogP contribution in [0.2, 0.25) is 0 Å². The number of primary amides is 1. The number of nitrogens with one attached hydrogen (secondary N) is 2. The number of hydrogen-bond donors (Lipinski definition) is 3. The van der Waals surface area contributed by atoms with Crippen LogP contribution in [0.1, 0.15) is 13.3 Å². The topological polar surface area (TPSA) is 84.2 Å². The highest BCUT2D eigenvalue weighted by molar-refractivity contribution is 5.96. The van der Waals surface area contributed by atoms with Crippen LogP contribution in [0.3, 0.4) is 0 Å². The first-order valence-electron chi connectivity index (χ1n) is 3.85. The van der Waals surface area contributed by atoms with Crippen molar-refractivity contribution in [1.29, 1.82) is 0 Å². The summed E-state index contributed by atoms with van der Waals surface area (Å²) in [6.07, 6.45) is 5.54. The predicted molar refractivity (Wildman–Crippen MR) is 48.6 cm³/mol. The first kappa shape index (κ1) is 11.5. The van der Waals surface area contributed by atoms with E-state index >= 15 is 0 Å². The Morgan fingerprint density at radius 2 is 2.23 bits per heavy atom. The van der Waals surface area contributed by atoms with Gasteiger partial charge in [0.15, 0.2) is 0 Å². The van der Waals surface area contributed by atoms with Crippen molar-refractivity contribution in [3.8, 4) is 12.3 Å². The highest BCUT2D eigenvalue weighted by Crippen LogP contribution is 1.82. The van der Waals surface area contributed by atoms with Crippen molar-refractivity contribution in [2.75, 3.05) is 6.54 Å². The molecule has 0 aromatic rings. The van der Waals surface area contributed by atoms with Crippen molar-refractivity contribution < 1.29 is 9.59 Å². The number of carbonyl (C=O) groups excluding carboxylic acids is 2. The Morgan fingerprint density at radius 1 is 1.62 bits per heavy atom. The molecular formula is C8H13N3O2. The molecule has 13 heavy (non-hydrogen) atoms. The van der Waals surface area contributed by atoms with Gasteiger partial charge in [-0.05, 0) is 6.92 Å². The Balaban J connectivity index is 3.70. The highest BCUT2D eigenvalue weighted by Gasteiger charge is 2.12. The first-order valence-corrected chi connectivity index (χ1v) is 3.85. The van der Waals surface area contributed by atoms with Gasteiger partial charge in [0.2, 0.25) is 5.91 Å². The summed E-state index contributed by atoms with van der Waals surface area (Å²) in [5.74, 6) is 1.96. The van der Waals surface area contributed by atoms with Crippen LogP contribution >= 0.6 is 0 Å². The summed E-state index contributed by atoms with van der Waals surface area (Å²) >= 11 is 0. The number of urea groups is 1. The van der Waals surface area contributed by atoms with Gasteiger partial charge in [-0.2, -0.15) is 0 Å². The van der Waals surface area contributed by atoms with E-state index in [4.69, 9.17) is 12.2 Å². The van der Waals surface area contributed by atoms with Gasteiger partial charge >= 0.3 is 6.03 Å². The van der Waals surface area contributed by atoms with Crippen molar-refractivity contribution in [2.24, 2.45) is 5.73 Å². The predicted octanol–water partition coefficient (Wildman–Crippen LogP) is -0.817. The summed E-state index contributed by atoms with van der Waals surface area (Å²) in [5, 5.41) is 4.78. The molecule has 72 valence electrons. The number of nitrogens with two attached hydrogens (primary N) is 1. The zero-order chi connectivity index (χ0) is 10.3. The molecule has 0 aliphatic heterocycles. The second kappa shape index (κ2) is 6.03. The molecule has 0 saturated heterocycles. The first-order chi connectivity index (χ1) is 6.07. The van der Waals surface area contributed by atoms with E-state index in [1.54, 1.807) is 6.92 Å². The summed E-state index contributed by atoms with van der Waals surface area (Å²) < 4.78 is 0. The number of imide groups is 1. The van der Waals surface area contributed by atoms with E-state index in [1.165, 1.54) is 0 Å². The average molecular weight is 183 g/mol. The maximum absolute atomic E-state index is 11.0. The van der Waals surface area contributed by atoms with Crippen molar-refractivity contribution in [3.63, 3.8) is 0 Å². The average Bonchev–Trinajstić information content (AvgIpc) is 2.03. The molecule has 1 unspecified atom stereocenters. The number of amides is 3. The van der Waals surface area contributed by atoms with E-state index < -0.39 is 18.0 Å². The van der Waals surface area contributed by atoms with Crippen LogP contribution < -0.4 is 16.4 Å². The largest absolute Gasteiger partial charge is 0.351 e. The Kier molecular flexibility index (Phi) is 5.32. The molecule has 0 saturated carbocycles. The number of rotatable bonds is 4. The monoisotopic (exact) mass is 183 g/mol. The van der Waals surface area contributed by atoms with E-state index in [2.05, 4.69) is 11.2 Å². The standard InChI is InChI=1S/C8H13N3O2/c1-3-4-5-10-6(2)7(12)11-8(9)13/h1,6,10H,4-5H2,2H3,(H3,9,11,12,13). The summed E-state index contributed by atoms with van der Waals surface area (Å²) in [6.45, 7) is 2.15. The lowest BCUT2D eigenvalue weighted by molar-refractivity contribution is -0.121. The number of carbonyl (C=O) groups is 2. The minimum Gasteiger partial charge on any atom is -0.351 e. The molecule has 1 atom stereocenters. The number of hydrogen-bond acceptors (Lipinski definition) is 3. The molecule has 0 aromatic carbocycles. The zero-order valence-corrected chi connectivity index (χ0v) is 7.46. The Hall–Kier alpha value is -1.54. The molecule has 0 aliphatic carbocycles. The van der Waals surface area contributed by atoms with Gasteiger partial charge in [-0.1, -0.05) is 0 Å². The van der Waals surface area contributed by atoms with E-state index in [0.717, 1.165) is 0 Å². The van der Waals surface area contributed by atoms with E-state index in [0.29, 0.717) is 13.0 Å². The van der Waals surface area contributed by atoms with Crippen LogP contribution in [0.25, 0.3) is 0 Å². The second-order valence-corrected chi connectivity index (χ2v) is 2.48. The van der Waals surface area contributed by atoms with Gasteiger partial charge in [0.1, 0.15) is 0 Å². The van der Waals surface area contributed by atoms with Crippen LogP contribution in [0, 0.1) is 12.3 Å². The molecule has 0 spiro atoms. The van der Waals surface area contributed by atoms with Crippen molar-refractivity contribution in [2.45, 2.75) is 19.4 Å². The zero-order valence-electron chi connectivity index (χ0n) is 7.46. The molecular weight excluding hydrogens is 170 g/mol. The molecule has 5 nitrogen and oxygen atoms in total. The van der Waals surface area contributed by atoms with Gasteiger partial charge in [0.05, 0.1) is 6.04 Å². The molecule has 0 aromatic heterocycles. The molecule has 5 heteroatoms. The normalized spacial score (nSPS) is 11.4. The molecule has 0 aliphatic rings. The number of terminal acetylenes is 1. The third-order valence-corrected chi connectivity index (χ3v) is 1.36. The van der Waals surface area contributed by atoms with Crippen LogP contribution in [-0.2, 0) is 4.79 Å². The van der Waals surface area contributed by atoms with Crippen molar-refractivity contribution >= 4 is 11.9 Å². The van der Waals surface area contributed by atoms with Crippen molar-refractivity contribution in [1.82, 2.24) is 10.6 Å². The third kappa shape index (κ3) is 5.70. The Bertz CT molecular complexity index is 232. The highest BCUT2D eigenvalue weighted by atomic mass is 16.2. The lowest BCUT2D eigenvalue weighted by Gasteiger charge is -2.10. The summed E-state index contributed by atoms with van der Waals surface area (Å²) in [5.41, 5.74) is 4.75. The van der Waals surface area contributed by atoms with Gasteiger partial charge in [-0.15, -0.1) is 12.3 Å². The Morgan fingerprint density at radius 3 is 2.69 bits per heavy atom. The van der Waals surface area contributed by atoms with Gasteiger partial charge in [0, 0.05) is 13.0 Å². The molecule has 0 fully saturated rings. The Labute approximate surface area is 77.1 Å². The quantitative estimate of drug-likeness (QED) is 0.393. The minimum absolute atomic E-state index is 0.454. The summed E-state index contributed by atoms with van der Waals surface area (Å²) in [4.78, 5) is 21.3. The van der Waals surface area contributed by atoms with Crippen LogP contribution in [0.5, 0.6) is 0 Å². The van der Waals surface area contributed by atoms with E-state index in [1.807, 2.05) is 5.32 Å². The minimum atomic E-state index is -0.851. The van der Waals surface area contributed by atoms with E-state index in [-0.39, 0.29) is 0 Å². The summed E-state index contributed by atoms with van der Waals surface area (Å²) in [6, 6.07) is -1.32. The van der Waals surface area contributed by atoms with Gasteiger partial charge in [-0.25, -0.2) is 4.79 Å². The lowest BCUT2D eigenvalue weighted by Crippen LogP contribution is -2.46. The SMILES string of the molecule is C#CCCNC(C)C(=O)NC(N)=O. The van der Waals surface area contributed by atoms with Gasteiger partial charge in [0.25, 0.3) is 0 Å². The van der Waals surface area contributed by atoms with Crippen LogP contribution in [0.15, 0.2) is 0 Å². The fraction of sp³-hybridized carbons (Fsp3) is 0.500. The maximum Gasteiger partial charge on any atom is 0.318 e. The lowest BCUT2D eigenvalue weighted by atomic mass is 10.3. The van der Waals surface area contributed by atoms with Crippen LogP contribution in [0.4, 0.5) is 4.79 Å². The molecule has 0 heterocycles. The molecule has 0 rings (SSSR count). The molecule has 4 N–H and O–H groups in total. The fourth-order valence-corrected chi connectivity index (χ4v) is 0.683. The van der Waals surface area contributed by atoms with Crippen LogP contribution in [-0.4, -0.2) is 24.5 Å². The molecule has 3 amide bonds. The fourth-order valence-electron chi connectivity index (χ4n) is 0.683.